The Morgan fingerprint density at radius 3 is 2.16 bits per heavy atom. The third kappa shape index (κ3) is 5.95. The van der Waals surface area contributed by atoms with E-state index in [0.29, 0.717) is 6.61 Å². The van der Waals surface area contributed by atoms with Crippen molar-refractivity contribution in [3.05, 3.63) is 59.7 Å². The Balaban J connectivity index is 1.53. The van der Waals surface area contributed by atoms with E-state index < -0.39 is 26.2 Å². The Kier molecular flexibility index (Phi) is 7.13. The number of amides is 1. The van der Waals surface area contributed by atoms with Crippen molar-refractivity contribution in [3.63, 3.8) is 0 Å². The highest BCUT2D eigenvalue weighted by atomic mass is 28.3. The topological polar surface area (TPSA) is 88.4 Å². The minimum atomic E-state index is -1.30. The highest BCUT2D eigenvalue weighted by Crippen LogP contribution is 2.44. The average Bonchev–Trinajstić information content (AvgIpc) is 3.04. The Bertz CT molecular complexity index is 948. The van der Waals surface area contributed by atoms with Gasteiger partial charge in [-0.05, 0) is 28.3 Å². The summed E-state index contributed by atoms with van der Waals surface area (Å²) in [7, 11) is -1.30. The van der Waals surface area contributed by atoms with Crippen molar-refractivity contribution in [2.45, 2.75) is 44.1 Å². The monoisotopic (exact) mass is 436 g/mol. The van der Waals surface area contributed by atoms with Crippen molar-refractivity contribution in [2.75, 3.05) is 13.2 Å². The van der Waals surface area contributed by atoms with E-state index in [1.165, 1.54) is 0 Å². The highest BCUT2D eigenvalue weighted by molar-refractivity contribution is 6.76. The molecule has 7 heteroatoms. The van der Waals surface area contributed by atoms with Gasteiger partial charge in [0.25, 0.3) is 0 Å². The van der Waals surface area contributed by atoms with Crippen LogP contribution in [0.1, 0.15) is 23.5 Å². The number of hydrogen-bond acceptors (Lipinski definition) is 5. The van der Waals surface area contributed by atoms with Crippen molar-refractivity contribution in [2.24, 2.45) is 0 Å². The second-order valence-electron chi connectivity index (χ2n) is 8.89. The molecule has 1 amide bonds. The molecule has 31 heavy (non-hydrogen) atoms. The van der Waals surface area contributed by atoms with Crippen LogP contribution in [0.5, 0.6) is 0 Å². The first-order valence-electron chi connectivity index (χ1n) is 10.5. The van der Waals surface area contributed by atoms with Gasteiger partial charge >= 0.3 is 12.1 Å². The summed E-state index contributed by atoms with van der Waals surface area (Å²) in [5.74, 6) is -0.561. The van der Waals surface area contributed by atoms with Crippen molar-refractivity contribution < 1.29 is 19.1 Å². The molecule has 6 nitrogen and oxygen atoms in total. The van der Waals surface area contributed by atoms with Gasteiger partial charge in [-0.15, -0.1) is 0 Å². The van der Waals surface area contributed by atoms with Gasteiger partial charge in [-0.2, -0.15) is 5.26 Å². The number of fused-ring (bicyclic) bond motifs is 3. The standard InChI is InChI=1S/C24H28N2O4Si/c1-31(2,3)13-12-29-23(27)14-17(15-25)26-24(28)30-16-22-20-10-6-4-8-18(20)19-9-5-7-11-21(19)22/h4-11,17,22H,12-14,16H2,1-3H3,(H,26,28)/t17-/m0/s1. The van der Waals surface area contributed by atoms with E-state index in [9.17, 15) is 14.9 Å². The molecule has 0 radical (unpaired) electrons. The molecule has 0 unspecified atom stereocenters. The van der Waals surface area contributed by atoms with Gasteiger partial charge in [0.15, 0.2) is 0 Å². The lowest BCUT2D eigenvalue weighted by Gasteiger charge is -2.17. The van der Waals surface area contributed by atoms with Crippen molar-refractivity contribution in [3.8, 4) is 17.2 Å². The smallest absolute Gasteiger partial charge is 0.408 e. The van der Waals surface area contributed by atoms with E-state index in [1.54, 1.807) is 0 Å². The van der Waals surface area contributed by atoms with E-state index >= 15 is 0 Å². The summed E-state index contributed by atoms with van der Waals surface area (Å²) in [5, 5.41) is 11.8. The van der Waals surface area contributed by atoms with E-state index in [4.69, 9.17) is 9.47 Å². The van der Waals surface area contributed by atoms with Crippen LogP contribution in [-0.4, -0.2) is 39.4 Å². The van der Waals surface area contributed by atoms with Gasteiger partial charge in [-0.3, -0.25) is 4.79 Å². The minimum Gasteiger partial charge on any atom is -0.466 e. The van der Waals surface area contributed by atoms with E-state index in [1.807, 2.05) is 42.5 Å². The number of nitriles is 1. The molecular formula is C24H28N2O4Si. The van der Waals surface area contributed by atoms with Crippen molar-refractivity contribution in [1.29, 1.82) is 5.26 Å². The number of benzene rings is 2. The van der Waals surface area contributed by atoms with Crippen molar-refractivity contribution in [1.82, 2.24) is 5.32 Å². The van der Waals surface area contributed by atoms with Crippen LogP contribution < -0.4 is 5.32 Å². The summed E-state index contributed by atoms with van der Waals surface area (Å²) in [6, 6.07) is 17.9. The highest BCUT2D eigenvalue weighted by Gasteiger charge is 2.29. The van der Waals surface area contributed by atoms with Crippen molar-refractivity contribution >= 4 is 20.1 Å². The Hall–Kier alpha value is -3.11. The molecule has 1 N–H and O–H groups in total. The van der Waals surface area contributed by atoms with E-state index in [-0.39, 0.29) is 18.9 Å². The predicted octanol–water partition coefficient (Wildman–Crippen LogP) is 4.69. The number of alkyl carbamates (subject to hydrolysis) is 1. The maximum Gasteiger partial charge on any atom is 0.408 e. The average molecular weight is 437 g/mol. The van der Waals surface area contributed by atoms with E-state index in [2.05, 4.69) is 37.1 Å². The van der Waals surface area contributed by atoms with Crippen LogP contribution in [0.4, 0.5) is 4.79 Å². The fraction of sp³-hybridized carbons (Fsp3) is 0.375. The second-order valence-corrected chi connectivity index (χ2v) is 14.5. The quantitative estimate of drug-likeness (QED) is 0.479. The largest absolute Gasteiger partial charge is 0.466 e. The molecule has 1 aliphatic carbocycles. The van der Waals surface area contributed by atoms with Gasteiger partial charge in [0.2, 0.25) is 0 Å². The molecule has 0 aliphatic heterocycles. The Morgan fingerprint density at radius 1 is 1.03 bits per heavy atom. The van der Waals surface area contributed by atoms with Crippen LogP contribution in [0.15, 0.2) is 48.5 Å². The Morgan fingerprint density at radius 2 is 1.61 bits per heavy atom. The molecule has 0 saturated heterocycles. The first-order chi connectivity index (χ1) is 14.8. The van der Waals surface area contributed by atoms with Crippen LogP contribution in [0.3, 0.4) is 0 Å². The van der Waals surface area contributed by atoms with Crippen LogP contribution in [-0.2, 0) is 14.3 Å². The number of nitrogens with zero attached hydrogens (tertiary/aromatic N) is 1. The van der Waals surface area contributed by atoms with Gasteiger partial charge in [0.1, 0.15) is 12.6 Å². The number of hydrogen-bond donors (Lipinski definition) is 1. The molecule has 0 aromatic heterocycles. The Labute approximate surface area is 184 Å². The number of rotatable bonds is 8. The zero-order chi connectivity index (χ0) is 22.4. The van der Waals surface area contributed by atoms with Crippen LogP contribution in [0, 0.1) is 11.3 Å². The molecule has 0 fully saturated rings. The first-order valence-corrected chi connectivity index (χ1v) is 14.2. The van der Waals surface area contributed by atoms with Gasteiger partial charge in [-0.25, -0.2) is 4.79 Å². The van der Waals surface area contributed by atoms with Gasteiger partial charge in [0, 0.05) is 14.0 Å². The maximum atomic E-state index is 12.3. The van der Waals surface area contributed by atoms with Crippen LogP contribution in [0.2, 0.25) is 25.7 Å². The summed E-state index contributed by atoms with van der Waals surface area (Å²) in [4.78, 5) is 24.3. The molecule has 1 aliphatic rings. The number of ether oxygens (including phenoxy) is 2. The molecule has 162 valence electrons. The van der Waals surface area contributed by atoms with Crippen LogP contribution in [0.25, 0.3) is 11.1 Å². The zero-order valence-corrected chi connectivity index (χ0v) is 19.2. The minimum absolute atomic E-state index is 0.0646. The maximum absolute atomic E-state index is 12.3. The summed E-state index contributed by atoms with van der Waals surface area (Å²) in [5.41, 5.74) is 4.50. The lowest BCUT2D eigenvalue weighted by Crippen LogP contribution is -2.37. The molecule has 0 saturated carbocycles. The zero-order valence-electron chi connectivity index (χ0n) is 18.2. The number of carbonyl (C=O) groups excluding carboxylic acids is 2. The number of carbonyl (C=O) groups is 2. The fourth-order valence-electron chi connectivity index (χ4n) is 3.61. The molecule has 0 bridgehead atoms. The molecule has 1 atom stereocenters. The van der Waals surface area contributed by atoms with Gasteiger partial charge in [-0.1, -0.05) is 68.2 Å². The molecule has 2 aromatic rings. The molecule has 2 aromatic carbocycles. The lowest BCUT2D eigenvalue weighted by atomic mass is 9.98. The first kappa shape index (κ1) is 22.6. The second kappa shape index (κ2) is 9.80. The number of esters is 1. The summed E-state index contributed by atoms with van der Waals surface area (Å²) < 4.78 is 10.6. The van der Waals surface area contributed by atoms with Gasteiger partial charge < -0.3 is 14.8 Å². The molecule has 0 heterocycles. The molecule has 3 rings (SSSR count). The van der Waals surface area contributed by atoms with Crippen LogP contribution >= 0.6 is 0 Å². The predicted molar refractivity (Wildman–Crippen MR) is 121 cm³/mol. The number of nitrogens with one attached hydrogen (secondary N) is 1. The fourth-order valence-corrected chi connectivity index (χ4v) is 4.32. The molecular weight excluding hydrogens is 408 g/mol. The summed E-state index contributed by atoms with van der Waals surface area (Å²) in [6.07, 6.45) is -0.921. The SMILES string of the molecule is C[Si](C)(C)CCOC(=O)C[C@@H](C#N)NC(=O)OCC1c2ccccc2-c2ccccc21. The summed E-state index contributed by atoms with van der Waals surface area (Å²) >= 11 is 0. The summed E-state index contributed by atoms with van der Waals surface area (Å²) in [6.45, 7) is 7.07. The third-order valence-corrected chi connectivity index (χ3v) is 6.98. The normalized spacial score (nSPS) is 13.5. The lowest BCUT2D eigenvalue weighted by molar-refractivity contribution is -0.143. The van der Waals surface area contributed by atoms with Gasteiger partial charge in [0.05, 0.1) is 19.1 Å². The third-order valence-electron chi connectivity index (χ3n) is 5.28. The van der Waals surface area contributed by atoms with E-state index in [0.717, 1.165) is 28.3 Å². The molecule has 0 spiro atoms.